The van der Waals surface area contributed by atoms with Crippen molar-refractivity contribution in [1.82, 2.24) is 10.3 Å². The number of hydrogen-bond acceptors (Lipinski definition) is 2. The standard InChI is InChI=1S/C26H24N2O2/c29-26(20-14-19-10-4-7-13-25(19)30-17-20)28-15-22(18-8-2-1-3-9-18)23-16-27-24-12-6-5-11-21(23)24/h1-13,16,20,22,27H,14-15,17H2,(H,28,29). The zero-order valence-corrected chi connectivity index (χ0v) is 16.7. The van der Waals surface area contributed by atoms with E-state index in [1.54, 1.807) is 0 Å². The SMILES string of the molecule is O=C(NCC(c1ccccc1)c1c[nH]c2ccccc12)C1COc2ccccc2C1. The minimum absolute atomic E-state index is 0.0466. The van der Waals surface area contributed by atoms with Crippen LogP contribution in [0, 0.1) is 5.92 Å². The van der Waals surface area contributed by atoms with Crippen LogP contribution in [0.1, 0.15) is 22.6 Å². The lowest BCUT2D eigenvalue weighted by Crippen LogP contribution is -2.39. The molecule has 150 valence electrons. The predicted molar refractivity (Wildman–Crippen MR) is 119 cm³/mol. The van der Waals surface area contributed by atoms with Crippen molar-refractivity contribution in [2.45, 2.75) is 12.3 Å². The highest BCUT2D eigenvalue weighted by Gasteiger charge is 2.27. The van der Waals surface area contributed by atoms with Gasteiger partial charge < -0.3 is 15.0 Å². The first-order valence-corrected chi connectivity index (χ1v) is 10.4. The average molecular weight is 396 g/mol. The van der Waals surface area contributed by atoms with Crippen molar-refractivity contribution in [1.29, 1.82) is 0 Å². The van der Waals surface area contributed by atoms with Crippen molar-refractivity contribution < 1.29 is 9.53 Å². The number of rotatable bonds is 5. The van der Waals surface area contributed by atoms with E-state index in [-0.39, 0.29) is 17.7 Å². The van der Waals surface area contributed by atoms with Crippen molar-refractivity contribution in [3.63, 3.8) is 0 Å². The Balaban J connectivity index is 1.37. The van der Waals surface area contributed by atoms with E-state index >= 15 is 0 Å². The molecule has 2 unspecified atom stereocenters. The van der Waals surface area contributed by atoms with Gasteiger partial charge >= 0.3 is 0 Å². The maximum Gasteiger partial charge on any atom is 0.226 e. The Morgan fingerprint density at radius 2 is 1.77 bits per heavy atom. The highest BCUT2D eigenvalue weighted by molar-refractivity contribution is 5.84. The van der Waals surface area contributed by atoms with Gasteiger partial charge in [0.25, 0.3) is 0 Å². The third-order valence-corrected chi connectivity index (χ3v) is 5.93. The van der Waals surface area contributed by atoms with Crippen molar-refractivity contribution >= 4 is 16.8 Å². The number of hydrogen-bond donors (Lipinski definition) is 2. The summed E-state index contributed by atoms with van der Waals surface area (Å²) in [6, 6.07) is 26.6. The van der Waals surface area contributed by atoms with Gasteiger partial charge in [-0.1, -0.05) is 66.7 Å². The molecule has 2 atom stereocenters. The molecule has 2 heterocycles. The van der Waals surface area contributed by atoms with E-state index in [0.717, 1.165) is 16.8 Å². The Hall–Kier alpha value is -3.53. The number of H-pyrrole nitrogens is 1. The van der Waals surface area contributed by atoms with Crippen LogP contribution in [-0.2, 0) is 11.2 Å². The molecule has 1 aliphatic rings. The molecule has 2 N–H and O–H groups in total. The van der Waals surface area contributed by atoms with E-state index in [1.807, 2.05) is 48.5 Å². The van der Waals surface area contributed by atoms with Gasteiger partial charge in [0.05, 0.1) is 5.92 Å². The number of aromatic amines is 1. The van der Waals surface area contributed by atoms with Crippen LogP contribution in [0.2, 0.25) is 0 Å². The van der Waals surface area contributed by atoms with Crippen molar-refractivity contribution in [3.05, 3.63) is 102 Å². The smallest absolute Gasteiger partial charge is 0.226 e. The second-order valence-electron chi connectivity index (χ2n) is 7.82. The Kier molecular flexibility index (Phi) is 4.98. The molecular formula is C26H24N2O2. The molecule has 0 saturated carbocycles. The van der Waals surface area contributed by atoms with Crippen LogP contribution in [-0.4, -0.2) is 24.0 Å². The summed E-state index contributed by atoms with van der Waals surface area (Å²) in [5.74, 6) is 0.843. The van der Waals surface area contributed by atoms with E-state index < -0.39 is 0 Å². The molecule has 0 aliphatic carbocycles. The molecule has 0 saturated heterocycles. The number of benzene rings is 3. The molecule has 0 fully saturated rings. The summed E-state index contributed by atoms with van der Waals surface area (Å²) in [6.07, 6.45) is 2.78. The number of ether oxygens (including phenoxy) is 1. The molecule has 4 heteroatoms. The number of carbonyl (C=O) groups excluding carboxylic acids is 1. The normalized spacial score (nSPS) is 16.5. The average Bonchev–Trinajstić information content (AvgIpc) is 3.23. The van der Waals surface area contributed by atoms with Crippen LogP contribution in [0.3, 0.4) is 0 Å². The molecule has 0 bridgehead atoms. The van der Waals surface area contributed by atoms with E-state index in [0.29, 0.717) is 19.6 Å². The number of carbonyl (C=O) groups is 1. The summed E-state index contributed by atoms with van der Waals surface area (Å²) in [5.41, 5.74) is 4.59. The zero-order valence-electron chi connectivity index (χ0n) is 16.7. The second kappa shape index (κ2) is 8.07. The van der Waals surface area contributed by atoms with Gasteiger partial charge in [-0.3, -0.25) is 4.79 Å². The van der Waals surface area contributed by atoms with Gasteiger partial charge in [-0.25, -0.2) is 0 Å². The van der Waals surface area contributed by atoms with Crippen molar-refractivity contribution in [2.24, 2.45) is 5.92 Å². The Morgan fingerprint density at radius 1 is 1.00 bits per heavy atom. The first kappa shape index (κ1) is 18.5. The number of aromatic nitrogens is 1. The first-order chi connectivity index (χ1) is 14.8. The Bertz CT molecular complexity index is 1170. The quantitative estimate of drug-likeness (QED) is 0.515. The molecule has 0 radical (unpaired) electrons. The molecule has 4 aromatic rings. The third-order valence-electron chi connectivity index (χ3n) is 5.93. The van der Waals surface area contributed by atoms with E-state index in [4.69, 9.17) is 4.74 Å². The van der Waals surface area contributed by atoms with Crippen LogP contribution in [0.5, 0.6) is 5.75 Å². The van der Waals surface area contributed by atoms with Gasteiger partial charge in [0.1, 0.15) is 12.4 Å². The lowest BCUT2D eigenvalue weighted by Gasteiger charge is -2.25. The Morgan fingerprint density at radius 3 is 2.67 bits per heavy atom. The third kappa shape index (κ3) is 3.57. The number of amides is 1. The van der Waals surface area contributed by atoms with Gasteiger partial charge in [0.2, 0.25) is 5.91 Å². The Labute approximate surface area is 175 Å². The maximum absolute atomic E-state index is 13.0. The monoisotopic (exact) mass is 396 g/mol. The van der Waals surface area contributed by atoms with Gasteiger partial charge in [-0.05, 0) is 35.2 Å². The van der Waals surface area contributed by atoms with Crippen LogP contribution in [0.4, 0.5) is 0 Å². The fraction of sp³-hybridized carbons (Fsp3) is 0.192. The minimum atomic E-state index is -0.167. The highest BCUT2D eigenvalue weighted by Crippen LogP contribution is 2.31. The maximum atomic E-state index is 13.0. The molecule has 1 aliphatic heterocycles. The summed E-state index contributed by atoms with van der Waals surface area (Å²) >= 11 is 0. The van der Waals surface area contributed by atoms with Crippen LogP contribution in [0.25, 0.3) is 10.9 Å². The lowest BCUT2D eigenvalue weighted by atomic mass is 9.90. The highest BCUT2D eigenvalue weighted by atomic mass is 16.5. The minimum Gasteiger partial charge on any atom is -0.492 e. The first-order valence-electron chi connectivity index (χ1n) is 10.4. The van der Waals surface area contributed by atoms with Crippen LogP contribution < -0.4 is 10.1 Å². The molecular weight excluding hydrogens is 372 g/mol. The van der Waals surface area contributed by atoms with Crippen LogP contribution in [0.15, 0.2) is 85.1 Å². The molecule has 5 rings (SSSR count). The lowest BCUT2D eigenvalue weighted by molar-refractivity contribution is -0.126. The largest absolute Gasteiger partial charge is 0.492 e. The molecule has 1 amide bonds. The molecule has 0 spiro atoms. The van der Waals surface area contributed by atoms with Crippen molar-refractivity contribution in [3.8, 4) is 5.75 Å². The zero-order chi connectivity index (χ0) is 20.3. The summed E-state index contributed by atoms with van der Waals surface area (Å²) in [5, 5.41) is 4.39. The number of fused-ring (bicyclic) bond motifs is 2. The summed E-state index contributed by atoms with van der Waals surface area (Å²) in [4.78, 5) is 16.3. The molecule has 30 heavy (non-hydrogen) atoms. The fourth-order valence-electron chi connectivity index (χ4n) is 4.32. The van der Waals surface area contributed by atoms with Gasteiger partial charge in [0, 0.05) is 29.6 Å². The second-order valence-corrected chi connectivity index (χ2v) is 7.82. The summed E-state index contributed by atoms with van der Waals surface area (Å²) < 4.78 is 5.81. The van der Waals surface area contributed by atoms with Gasteiger partial charge in [-0.15, -0.1) is 0 Å². The summed E-state index contributed by atoms with van der Waals surface area (Å²) in [6.45, 7) is 0.967. The molecule has 1 aromatic heterocycles. The summed E-state index contributed by atoms with van der Waals surface area (Å²) in [7, 11) is 0. The predicted octanol–water partition coefficient (Wildman–Crippen LogP) is 4.67. The van der Waals surface area contributed by atoms with E-state index in [9.17, 15) is 4.79 Å². The van der Waals surface area contributed by atoms with E-state index in [2.05, 4.69) is 46.8 Å². The topological polar surface area (TPSA) is 54.1 Å². The number of nitrogens with one attached hydrogen (secondary N) is 2. The van der Waals surface area contributed by atoms with Gasteiger partial charge in [-0.2, -0.15) is 0 Å². The van der Waals surface area contributed by atoms with Crippen LogP contribution >= 0.6 is 0 Å². The number of para-hydroxylation sites is 2. The van der Waals surface area contributed by atoms with E-state index in [1.165, 1.54) is 16.5 Å². The molecule has 4 nitrogen and oxygen atoms in total. The molecule has 3 aromatic carbocycles. The van der Waals surface area contributed by atoms with Crippen molar-refractivity contribution in [2.75, 3.05) is 13.2 Å². The van der Waals surface area contributed by atoms with Gasteiger partial charge in [0.15, 0.2) is 0 Å². The fourth-order valence-corrected chi connectivity index (χ4v) is 4.32.